The molecule has 0 radical (unpaired) electrons. The predicted molar refractivity (Wildman–Crippen MR) is 58.3 cm³/mol. The van der Waals surface area contributed by atoms with E-state index in [0.717, 1.165) is 5.92 Å². The van der Waals surface area contributed by atoms with E-state index in [1.54, 1.807) is 0 Å². The van der Waals surface area contributed by atoms with E-state index in [1.807, 2.05) is 0 Å². The van der Waals surface area contributed by atoms with Crippen molar-refractivity contribution in [2.75, 3.05) is 17.5 Å². The molecule has 0 spiro atoms. The Bertz CT molecular complexity index is 89.6. The lowest BCUT2D eigenvalue weighted by Gasteiger charge is -2.22. The van der Waals surface area contributed by atoms with Crippen LogP contribution in [0.5, 0.6) is 0 Å². The molecular weight excluding hydrogens is 249 g/mol. The number of rotatable bonds is 4. The number of piperidine rings is 1. The second-order valence-corrected chi connectivity index (χ2v) is 4.46. The molecule has 1 heterocycles. The van der Waals surface area contributed by atoms with Crippen molar-refractivity contribution >= 4 is 22.6 Å². The van der Waals surface area contributed by atoms with Gasteiger partial charge in [0.15, 0.2) is 0 Å². The van der Waals surface area contributed by atoms with E-state index in [-0.39, 0.29) is 0 Å². The molecule has 1 rings (SSSR count). The molecular formula is C9H18IN. The summed E-state index contributed by atoms with van der Waals surface area (Å²) in [5.41, 5.74) is 0. The summed E-state index contributed by atoms with van der Waals surface area (Å²) in [6, 6.07) is 0. The number of alkyl halides is 1. The quantitative estimate of drug-likeness (QED) is 0.469. The van der Waals surface area contributed by atoms with Crippen LogP contribution in [0, 0.1) is 5.92 Å². The highest BCUT2D eigenvalue weighted by atomic mass is 127. The van der Waals surface area contributed by atoms with Gasteiger partial charge >= 0.3 is 0 Å². The van der Waals surface area contributed by atoms with Gasteiger partial charge in [0.2, 0.25) is 0 Å². The molecule has 0 unspecified atom stereocenters. The smallest absolute Gasteiger partial charge is 0.000473 e. The molecule has 66 valence electrons. The fraction of sp³-hybridized carbons (Fsp3) is 1.00. The number of halogens is 1. The zero-order valence-corrected chi connectivity index (χ0v) is 9.27. The van der Waals surface area contributed by atoms with Gasteiger partial charge in [-0.25, -0.2) is 0 Å². The van der Waals surface area contributed by atoms with E-state index in [1.165, 1.54) is 49.6 Å². The van der Waals surface area contributed by atoms with Crippen molar-refractivity contribution in [2.45, 2.75) is 32.1 Å². The lowest BCUT2D eigenvalue weighted by Crippen LogP contribution is -2.27. The van der Waals surface area contributed by atoms with Gasteiger partial charge in [-0.3, -0.25) is 0 Å². The minimum Gasteiger partial charge on any atom is -0.317 e. The number of unbranched alkanes of at least 4 members (excludes halogenated alkanes) is 1. The van der Waals surface area contributed by atoms with Crippen LogP contribution >= 0.6 is 22.6 Å². The van der Waals surface area contributed by atoms with Gasteiger partial charge in [0.1, 0.15) is 0 Å². The predicted octanol–water partition coefficient (Wildman–Crippen LogP) is 2.59. The first kappa shape index (κ1) is 9.78. The molecule has 0 amide bonds. The molecule has 0 aromatic heterocycles. The van der Waals surface area contributed by atoms with Crippen LogP contribution in [0.4, 0.5) is 0 Å². The zero-order chi connectivity index (χ0) is 7.94. The van der Waals surface area contributed by atoms with Crippen LogP contribution in [0.2, 0.25) is 0 Å². The molecule has 0 saturated carbocycles. The SMILES string of the molecule is ICCCCC1CCNCC1. The van der Waals surface area contributed by atoms with Crippen molar-refractivity contribution in [1.82, 2.24) is 5.32 Å². The first-order valence-electron chi connectivity index (χ1n) is 4.70. The third-order valence-corrected chi connectivity index (χ3v) is 3.22. The van der Waals surface area contributed by atoms with Crippen molar-refractivity contribution in [2.24, 2.45) is 5.92 Å². The summed E-state index contributed by atoms with van der Waals surface area (Å²) in [6.07, 6.45) is 7.19. The molecule has 0 aliphatic carbocycles. The second kappa shape index (κ2) is 6.23. The third kappa shape index (κ3) is 4.31. The maximum atomic E-state index is 3.40. The van der Waals surface area contributed by atoms with E-state index in [4.69, 9.17) is 0 Å². The Morgan fingerprint density at radius 1 is 1.18 bits per heavy atom. The van der Waals surface area contributed by atoms with Crippen molar-refractivity contribution in [1.29, 1.82) is 0 Å². The van der Waals surface area contributed by atoms with Gasteiger partial charge in [0.05, 0.1) is 0 Å². The van der Waals surface area contributed by atoms with Crippen LogP contribution in [-0.2, 0) is 0 Å². The van der Waals surface area contributed by atoms with Gasteiger partial charge in [-0.2, -0.15) is 0 Å². The van der Waals surface area contributed by atoms with Crippen molar-refractivity contribution in [3.8, 4) is 0 Å². The summed E-state index contributed by atoms with van der Waals surface area (Å²) in [4.78, 5) is 0. The Morgan fingerprint density at radius 2 is 1.91 bits per heavy atom. The van der Waals surface area contributed by atoms with Crippen LogP contribution < -0.4 is 5.32 Å². The fourth-order valence-electron chi connectivity index (χ4n) is 1.70. The maximum Gasteiger partial charge on any atom is -0.000473 e. The molecule has 1 nitrogen and oxygen atoms in total. The number of hydrogen-bond acceptors (Lipinski definition) is 1. The lowest BCUT2D eigenvalue weighted by atomic mass is 9.93. The van der Waals surface area contributed by atoms with Gasteiger partial charge in [-0.1, -0.05) is 35.4 Å². The average Bonchev–Trinajstić information content (AvgIpc) is 2.07. The highest BCUT2D eigenvalue weighted by Gasteiger charge is 2.11. The van der Waals surface area contributed by atoms with E-state index >= 15 is 0 Å². The molecule has 1 aliphatic heterocycles. The lowest BCUT2D eigenvalue weighted by molar-refractivity contribution is 0.346. The summed E-state index contributed by atoms with van der Waals surface area (Å²) >= 11 is 2.47. The standard InChI is InChI=1S/C9H18IN/c10-6-2-1-3-9-4-7-11-8-5-9/h9,11H,1-8H2. The second-order valence-electron chi connectivity index (χ2n) is 3.38. The van der Waals surface area contributed by atoms with Crippen molar-refractivity contribution < 1.29 is 0 Å². The summed E-state index contributed by atoms with van der Waals surface area (Å²) in [6.45, 7) is 2.52. The van der Waals surface area contributed by atoms with E-state index in [9.17, 15) is 0 Å². The summed E-state index contributed by atoms with van der Waals surface area (Å²) < 4.78 is 1.34. The zero-order valence-electron chi connectivity index (χ0n) is 7.11. The molecule has 0 bridgehead atoms. The molecule has 0 aromatic carbocycles. The Labute approximate surface area is 83.5 Å². The number of nitrogens with one attached hydrogen (secondary N) is 1. The average molecular weight is 267 g/mol. The number of hydrogen-bond donors (Lipinski definition) is 1. The minimum absolute atomic E-state index is 1.04. The summed E-state index contributed by atoms with van der Waals surface area (Å²) in [7, 11) is 0. The van der Waals surface area contributed by atoms with E-state index in [0.29, 0.717) is 0 Å². The maximum absolute atomic E-state index is 3.40. The first-order chi connectivity index (χ1) is 5.43. The highest BCUT2D eigenvalue weighted by molar-refractivity contribution is 14.1. The molecule has 1 N–H and O–H groups in total. The molecule has 11 heavy (non-hydrogen) atoms. The molecule has 1 saturated heterocycles. The monoisotopic (exact) mass is 267 g/mol. The van der Waals surface area contributed by atoms with Crippen LogP contribution in [0.1, 0.15) is 32.1 Å². The molecule has 0 aromatic rings. The fourth-order valence-corrected chi connectivity index (χ4v) is 2.24. The first-order valence-corrected chi connectivity index (χ1v) is 6.22. The molecule has 1 aliphatic rings. The van der Waals surface area contributed by atoms with Gasteiger partial charge in [0, 0.05) is 0 Å². The van der Waals surface area contributed by atoms with Crippen LogP contribution in [0.15, 0.2) is 0 Å². The van der Waals surface area contributed by atoms with Gasteiger partial charge in [-0.15, -0.1) is 0 Å². The van der Waals surface area contributed by atoms with Crippen LogP contribution in [-0.4, -0.2) is 17.5 Å². The molecule has 0 atom stereocenters. The largest absolute Gasteiger partial charge is 0.317 e. The highest BCUT2D eigenvalue weighted by Crippen LogP contribution is 2.18. The Balaban J connectivity index is 1.96. The van der Waals surface area contributed by atoms with Crippen molar-refractivity contribution in [3.05, 3.63) is 0 Å². The van der Waals surface area contributed by atoms with E-state index < -0.39 is 0 Å². The normalized spacial score (nSPS) is 20.5. The Morgan fingerprint density at radius 3 is 2.55 bits per heavy atom. The summed E-state index contributed by atoms with van der Waals surface area (Å²) in [5.74, 6) is 1.04. The molecule has 2 heteroatoms. The Kier molecular flexibility index (Phi) is 5.54. The summed E-state index contributed by atoms with van der Waals surface area (Å²) in [5, 5.41) is 3.40. The molecule has 1 fully saturated rings. The van der Waals surface area contributed by atoms with Crippen molar-refractivity contribution in [3.63, 3.8) is 0 Å². The van der Waals surface area contributed by atoms with E-state index in [2.05, 4.69) is 27.9 Å². The van der Waals surface area contributed by atoms with Crippen LogP contribution in [0.3, 0.4) is 0 Å². The van der Waals surface area contributed by atoms with Gasteiger partial charge < -0.3 is 5.32 Å². The van der Waals surface area contributed by atoms with Gasteiger partial charge in [-0.05, 0) is 42.7 Å². The van der Waals surface area contributed by atoms with Gasteiger partial charge in [0.25, 0.3) is 0 Å². The third-order valence-electron chi connectivity index (χ3n) is 2.45. The minimum atomic E-state index is 1.04. The Hall–Kier alpha value is 0.690. The van der Waals surface area contributed by atoms with Crippen LogP contribution in [0.25, 0.3) is 0 Å². The topological polar surface area (TPSA) is 12.0 Å².